The van der Waals surface area contributed by atoms with Crippen molar-refractivity contribution in [3.05, 3.63) is 36.5 Å². The molecule has 7 unspecified atom stereocenters. The third-order valence-corrected chi connectivity index (χ3v) is 13.7. The Balaban J connectivity index is 2.26. The fourth-order valence-corrected chi connectivity index (χ4v) is 9.11. The standard InChI is InChI=1S/C58H109NO8/c1-3-5-7-9-11-13-15-17-19-21-23-25-27-29-31-33-35-37-39-41-43-45-47-52(61)51(50-66-58-57(65)56(64)55(63)53(49-60)67-58)59-54(62)48-46-44-42-40-38-36-34-32-30-28-26-24-22-20-18-16-14-12-10-8-6-4-2/h28,30,37,39,45,47,51-53,55-58,60-61,63-65H,3-27,29,31-36,38,40-44,46,48-50H2,1-2H3,(H,59,62)/b30-28-,39-37+,47-45+. The average Bonchev–Trinajstić information content (AvgIpc) is 3.33. The van der Waals surface area contributed by atoms with Gasteiger partial charge in [-0.15, -0.1) is 0 Å². The number of hydrogen-bond donors (Lipinski definition) is 6. The Labute approximate surface area is 412 Å². The summed E-state index contributed by atoms with van der Waals surface area (Å²) < 4.78 is 11.3. The van der Waals surface area contributed by atoms with Crippen molar-refractivity contribution in [1.82, 2.24) is 5.32 Å². The molecule has 1 heterocycles. The van der Waals surface area contributed by atoms with E-state index in [4.69, 9.17) is 9.47 Å². The molecule has 7 atom stereocenters. The van der Waals surface area contributed by atoms with Crippen LogP contribution in [0.3, 0.4) is 0 Å². The number of ether oxygens (including phenoxy) is 2. The number of amides is 1. The Morgan fingerprint density at radius 2 is 0.851 bits per heavy atom. The van der Waals surface area contributed by atoms with E-state index in [2.05, 4.69) is 43.5 Å². The van der Waals surface area contributed by atoms with Gasteiger partial charge in [-0.05, 0) is 57.8 Å². The molecule has 0 aromatic carbocycles. The molecule has 394 valence electrons. The van der Waals surface area contributed by atoms with Gasteiger partial charge in [0.25, 0.3) is 0 Å². The predicted octanol–water partition coefficient (Wildman–Crippen LogP) is 14.0. The fraction of sp³-hybridized carbons (Fsp3) is 0.879. The van der Waals surface area contributed by atoms with Gasteiger partial charge in [-0.2, -0.15) is 0 Å². The second-order valence-corrected chi connectivity index (χ2v) is 20.1. The van der Waals surface area contributed by atoms with Crippen molar-refractivity contribution in [3.63, 3.8) is 0 Å². The summed E-state index contributed by atoms with van der Waals surface area (Å²) in [7, 11) is 0. The molecular weight excluding hydrogens is 839 g/mol. The molecule has 0 radical (unpaired) electrons. The third-order valence-electron chi connectivity index (χ3n) is 13.7. The van der Waals surface area contributed by atoms with Gasteiger partial charge < -0.3 is 40.3 Å². The van der Waals surface area contributed by atoms with Crippen LogP contribution in [0.1, 0.15) is 271 Å². The van der Waals surface area contributed by atoms with Crippen LogP contribution in [-0.2, 0) is 14.3 Å². The second kappa shape index (κ2) is 48.1. The van der Waals surface area contributed by atoms with E-state index >= 15 is 0 Å². The molecule has 0 aromatic rings. The van der Waals surface area contributed by atoms with E-state index in [1.165, 1.54) is 199 Å². The second-order valence-electron chi connectivity index (χ2n) is 20.1. The maximum Gasteiger partial charge on any atom is 0.220 e. The zero-order valence-electron chi connectivity index (χ0n) is 43.7. The molecule has 0 saturated carbocycles. The molecule has 1 rings (SSSR count). The van der Waals surface area contributed by atoms with Gasteiger partial charge in [0.1, 0.15) is 24.4 Å². The van der Waals surface area contributed by atoms with Crippen LogP contribution >= 0.6 is 0 Å². The maximum atomic E-state index is 13.0. The molecule has 9 heteroatoms. The lowest BCUT2D eigenvalue weighted by atomic mass is 9.99. The minimum atomic E-state index is -1.57. The summed E-state index contributed by atoms with van der Waals surface area (Å²) in [6, 6.07) is -0.824. The van der Waals surface area contributed by atoms with E-state index in [9.17, 15) is 30.3 Å². The number of allylic oxidation sites excluding steroid dienone is 5. The molecule has 1 aliphatic heterocycles. The summed E-state index contributed by atoms with van der Waals surface area (Å²) in [6.45, 7) is 3.79. The van der Waals surface area contributed by atoms with Crippen molar-refractivity contribution in [2.24, 2.45) is 0 Å². The van der Waals surface area contributed by atoms with Crippen LogP contribution in [0.25, 0.3) is 0 Å². The van der Waals surface area contributed by atoms with Gasteiger partial charge in [0, 0.05) is 6.42 Å². The van der Waals surface area contributed by atoms with E-state index < -0.39 is 49.5 Å². The lowest BCUT2D eigenvalue weighted by molar-refractivity contribution is -0.302. The van der Waals surface area contributed by atoms with E-state index in [0.29, 0.717) is 6.42 Å². The molecule has 67 heavy (non-hydrogen) atoms. The number of unbranched alkanes of at least 4 members (excludes halogenated alkanes) is 35. The highest BCUT2D eigenvalue weighted by molar-refractivity contribution is 5.76. The van der Waals surface area contributed by atoms with Crippen LogP contribution < -0.4 is 5.32 Å². The van der Waals surface area contributed by atoms with Gasteiger partial charge in [0.2, 0.25) is 5.91 Å². The van der Waals surface area contributed by atoms with Crippen molar-refractivity contribution >= 4 is 5.91 Å². The van der Waals surface area contributed by atoms with Gasteiger partial charge in [-0.3, -0.25) is 4.79 Å². The van der Waals surface area contributed by atoms with Gasteiger partial charge in [-0.25, -0.2) is 0 Å². The fourth-order valence-electron chi connectivity index (χ4n) is 9.11. The lowest BCUT2D eigenvalue weighted by Gasteiger charge is -2.40. The first-order valence-electron chi connectivity index (χ1n) is 28.7. The summed E-state index contributed by atoms with van der Waals surface area (Å²) in [6.07, 6.45) is 55.0. The number of hydrogen-bond acceptors (Lipinski definition) is 8. The Morgan fingerprint density at radius 1 is 0.493 bits per heavy atom. The van der Waals surface area contributed by atoms with Crippen LogP contribution in [-0.4, -0.2) is 87.5 Å². The summed E-state index contributed by atoms with van der Waals surface area (Å²) >= 11 is 0. The van der Waals surface area contributed by atoms with Crippen molar-refractivity contribution in [1.29, 1.82) is 0 Å². The minimum absolute atomic E-state index is 0.188. The van der Waals surface area contributed by atoms with E-state index in [-0.39, 0.29) is 12.5 Å². The summed E-state index contributed by atoms with van der Waals surface area (Å²) in [4.78, 5) is 13.0. The normalized spacial score (nSPS) is 19.9. The van der Waals surface area contributed by atoms with Crippen molar-refractivity contribution in [2.45, 2.75) is 314 Å². The molecule has 1 fully saturated rings. The van der Waals surface area contributed by atoms with Crippen molar-refractivity contribution in [2.75, 3.05) is 13.2 Å². The van der Waals surface area contributed by atoms with Crippen molar-refractivity contribution < 1.29 is 39.8 Å². The number of aliphatic hydroxyl groups excluding tert-OH is 5. The highest BCUT2D eigenvalue weighted by atomic mass is 16.7. The smallest absolute Gasteiger partial charge is 0.220 e. The van der Waals surface area contributed by atoms with E-state index in [1.54, 1.807) is 6.08 Å². The molecule has 0 bridgehead atoms. The first-order chi connectivity index (χ1) is 32.8. The topological polar surface area (TPSA) is 149 Å². The van der Waals surface area contributed by atoms with Gasteiger partial charge >= 0.3 is 0 Å². The quantitative estimate of drug-likeness (QED) is 0.0261. The molecule has 0 aromatic heterocycles. The first kappa shape index (κ1) is 63.4. The van der Waals surface area contributed by atoms with Gasteiger partial charge in [0.05, 0.1) is 25.4 Å². The predicted molar refractivity (Wildman–Crippen MR) is 281 cm³/mol. The molecule has 9 nitrogen and oxygen atoms in total. The highest BCUT2D eigenvalue weighted by Gasteiger charge is 2.44. The Morgan fingerprint density at radius 3 is 1.25 bits per heavy atom. The van der Waals surface area contributed by atoms with Crippen LogP contribution in [0.4, 0.5) is 0 Å². The molecule has 1 amide bonds. The number of carbonyl (C=O) groups excluding carboxylic acids is 1. The van der Waals surface area contributed by atoms with Crippen LogP contribution in [0.2, 0.25) is 0 Å². The van der Waals surface area contributed by atoms with E-state index in [0.717, 1.165) is 51.4 Å². The molecule has 1 aliphatic rings. The molecule has 6 N–H and O–H groups in total. The number of nitrogens with one attached hydrogen (secondary N) is 1. The zero-order valence-corrected chi connectivity index (χ0v) is 43.7. The summed E-state index contributed by atoms with van der Waals surface area (Å²) in [5.41, 5.74) is 0. The highest BCUT2D eigenvalue weighted by Crippen LogP contribution is 2.23. The van der Waals surface area contributed by atoms with E-state index in [1.807, 2.05) is 6.08 Å². The largest absolute Gasteiger partial charge is 0.394 e. The molecule has 1 saturated heterocycles. The Kier molecular flexibility index (Phi) is 45.5. The average molecular weight is 949 g/mol. The molecular formula is C58H109NO8. The van der Waals surface area contributed by atoms with Crippen LogP contribution in [0.15, 0.2) is 36.5 Å². The SMILES string of the molecule is CCCCCCCCCCCCC/C=C\CCCCCCCCCC(=O)NC(COC1OC(CO)C(O)C(O)C1O)C(O)/C=C/CC/C=C/CCCCCCCCCCCCCCCCCC. The van der Waals surface area contributed by atoms with Gasteiger partial charge in [-0.1, -0.05) is 243 Å². The first-order valence-corrected chi connectivity index (χ1v) is 28.7. The lowest BCUT2D eigenvalue weighted by Crippen LogP contribution is -2.60. The Bertz CT molecular complexity index is 1150. The molecule has 0 aliphatic carbocycles. The number of rotatable bonds is 49. The third kappa shape index (κ3) is 37.9. The zero-order chi connectivity index (χ0) is 48.7. The summed E-state index contributed by atoms with van der Waals surface area (Å²) in [5.74, 6) is -0.188. The monoisotopic (exact) mass is 948 g/mol. The molecule has 0 spiro atoms. The van der Waals surface area contributed by atoms with Crippen LogP contribution in [0.5, 0.6) is 0 Å². The number of aliphatic hydroxyl groups is 5. The van der Waals surface area contributed by atoms with Gasteiger partial charge in [0.15, 0.2) is 6.29 Å². The minimum Gasteiger partial charge on any atom is -0.394 e. The Hall–Kier alpha value is -1.59. The van der Waals surface area contributed by atoms with Crippen molar-refractivity contribution in [3.8, 4) is 0 Å². The maximum absolute atomic E-state index is 13.0. The number of carbonyl (C=O) groups is 1. The van der Waals surface area contributed by atoms with Crippen LogP contribution in [0, 0.1) is 0 Å². The summed E-state index contributed by atoms with van der Waals surface area (Å²) in [5, 5.41) is 54.5.